The van der Waals surface area contributed by atoms with Crippen molar-refractivity contribution < 1.29 is 9.50 Å². The van der Waals surface area contributed by atoms with Crippen molar-refractivity contribution in [3.8, 4) is 0 Å². The third-order valence-electron chi connectivity index (χ3n) is 6.45. The number of hydrogen-bond donors (Lipinski definition) is 1. The maximum Gasteiger partial charge on any atom is 0.123 e. The summed E-state index contributed by atoms with van der Waals surface area (Å²) < 4.78 is 13.2. The number of aliphatic hydroxyl groups is 1. The van der Waals surface area contributed by atoms with E-state index < -0.39 is 5.60 Å². The van der Waals surface area contributed by atoms with Crippen LogP contribution in [0.2, 0.25) is 0 Å². The average molecular weight is 353 g/mol. The van der Waals surface area contributed by atoms with Crippen LogP contribution in [0.5, 0.6) is 0 Å². The Hall–Kier alpha value is -1.71. The lowest BCUT2D eigenvalue weighted by atomic mass is 9.66. The zero-order chi connectivity index (χ0) is 18.0. The molecule has 1 saturated heterocycles. The van der Waals surface area contributed by atoms with E-state index in [2.05, 4.69) is 35.2 Å². The van der Waals surface area contributed by atoms with Gasteiger partial charge in [0.15, 0.2) is 0 Å². The first-order valence-corrected chi connectivity index (χ1v) is 9.87. The van der Waals surface area contributed by atoms with Crippen molar-refractivity contribution >= 4 is 0 Å². The van der Waals surface area contributed by atoms with Gasteiger partial charge < -0.3 is 10.0 Å². The van der Waals surface area contributed by atoms with Crippen LogP contribution in [0.15, 0.2) is 54.6 Å². The van der Waals surface area contributed by atoms with Crippen LogP contribution >= 0.6 is 0 Å². The summed E-state index contributed by atoms with van der Waals surface area (Å²) in [6, 6.07) is 17.1. The fourth-order valence-electron chi connectivity index (χ4n) is 4.87. The van der Waals surface area contributed by atoms with Gasteiger partial charge in [0, 0.05) is 13.1 Å². The fourth-order valence-corrected chi connectivity index (χ4v) is 4.87. The Morgan fingerprint density at radius 1 is 1.00 bits per heavy atom. The maximum absolute atomic E-state index is 13.2. The standard InChI is InChI=1S/C23H28FNO/c24-22-8-6-21(7-9-22)23(26)13-10-20-17-25(15-12-19(20)16-23)14-11-18-4-2-1-3-5-18/h1-9,19-20,26H,10-17H2/t19-,20-,23?/m0/s1. The fraction of sp³-hybridized carbons (Fsp3) is 0.478. The second-order valence-electron chi connectivity index (χ2n) is 8.13. The first-order valence-electron chi connectivity index (χ1n) is 9.87. The van der Waals surface area contributed by atoms with Gasteiger partial charge in [0.05, 0.1) is 5.60 Å². The predicted octanol–water partition coefficient (Wildman–Crippen LogP) is 4.38. The van der Waals surface area contributed by atoms with E-state index in [1.165, 1.54) is 17.7 Å². The van der Waals surface area contributed by atoms with Crippen molar-refractivity contribution in [2.75, 3.05) is 19.6 Å². The number of likely N-dealkylation sites (tertiary alicyclic amines) is 1. The molecule has 0 aromatic heterocycles. The van der Waals surface area contributed by atoms with Crippen molar-refractivity contribution in [2.24, 2.45) is 11.8 Å². The number of fused-ring (bicyclic) bond motifs is 1. The molecule has 2 aliphatic rings. The lowest BCUT2D eigenvalue weighted by Gasteiger charge is -2.47. The smallest absolute Gasteiger partial charge is 0.123 e. The third-order valence-corrected chi connectivity index (χ3v) is 6.45. The molecule has 0 spiro atoms. The highest BCUT2D eigenvalue weighted by Gasteiger charge is 2.42. The summed E-state index contributed by atoms with van der Waals surface area (Å²) in [6.07, 6.45) is 4.92. The van der Waals surface area contributed by atoms with Crippen molar-refractivity contribution in [2.45, 2.75) is 37.7 Å². The molecule has 3 heteroatoms. The molecule has 0 amide bonds. The first-order chi connectivity index (χ1) is 12.6. The van der Waals surface area contributed by atoms with Crippen molar-refractivity contribution in [1.82, 2.24) is 4.90 Å². The number of hydrogen-bond acceptors (Lipinski definition) is 2. The molecule has 2 fully saturated rings. The molecule has 2 aromatic carbocycles. The molecule has 1 unspecified atom stereocenters. The van der Waals surface area contributed by atoms with Gasteiger partial charge in [-0.3, -0.25) is 0 Å². The third kappa shape index (κ3) is 3.84. The van der Waals surface area contributed by atoms with Gasteiger partial charge in [-0.1, -0.05) is 42.5 Å². The maximum atomic E-state index is 13.2. The molecule has 0 radical (unpaired) electrons. The molecule has 2 aromatic rings. The normalized spacial score (nSPS) is 29.3. The van der Waals surface area contributed by atoms with Gasteiger partial charge in [0.2, 0.25) is 0 Å². The van der Waals surface area contributed by atoms with E-state index in [4.69, 9.17) is 0 Å². The minimum Gasteiger partial charge on any atom is -0.385 e. The van der Waals surface area contributed by atoms with Crippen LogP contribution in [-0.4, -0.2) is 29.6 Å². The summed E-state index contributed by atoms with van der Waals surface area (Å²) >= 11 is 0. The van der Waals surface area contributed by atoms with Crippen molar-refractivity contribution in [3.05, 3.63) is 71.5 Å². The van der Waals surface area contributed by atoms with Crippen LogP contribution in [0.4, 0.5) is 4.39 Å². The molecule has 1 N–H and O–H groups in total. The summed E-state index contributed by atoms with van der Waals surface area (Å²) in [6.45, 7) is 3.39. The monoisotopic (exact) mass is 353 g/mol. The van der Waals surface area contributed by atoms with Gasteiger partial charge in [-0.25, -0.2) is 4.39 Å². The Labute approximate surface area is 155 Å². The number of benzene rings is 2. The number of halogens is 1. The van der Waals surface area contributed by atoms with E-state index in [0.717, 1.165) is 57.3 Å². The van der Waals surface area contributed by atoms with Gasteiger partial charge in [0.25, 0.3) is 0 Å². The first kappa shape index (κ1) is 17.7. The van der Waals surface area contributed by atoms with Crippen LogP contribution in [0.25, 0.3) is 0 Å². The lowest BCUT2D eigenvalue weighted by molar-refractivity contribution is -0.0606. The van der Waals surface area contributed by atoms with Gasteiger partial charge in [-0.2, -0.15) is 0 Å². The van der Waals surface area contributed by atoms with E-state index in [9.17, 15) is 9.50 Å². The Morgan fingerprint density at radius 2 is 1.77 bits per heavy atom. The summed E-state index contributed by atoms with van der Waals surface area (Å²) in [5, 5.41) is 11.2. The van der Waals surface area contributed by atoms with Crippen molar-refractivity contribution in [3.63, 3.8) is 0 Å². The number of piperidine rings is 1. The number of nitrogens with zero attached hydrogens (tertiary/aromatic N) is 1. The van der Waals surface area contributed by atoms with Gasteiger partial charge in [-0.05, 0) is 73.7 Å². The topological polar surface area (TPSA) is 23.5 Å². The molecule has 1 aliphatic carbocycles. The van der Waals surface area contributed by atoms with E-state index in [0.29, 0.717) is 11.8 Å². The summed E-state index contributed by atoms with van der Waals surface area (Å²) in [7, 11) is 0. The molecule has 4 rings (SSSR count). The van der Waals surface area contributed by atoms with Gasteiger partial charge in [-0.15, -0.1) is 0 Å². The molecular weight excluding hydrogens is 325 g/mol. The lowest BCUT2D eigenvalue weighted by Crippen LogP contribution is -2.47. The molecule has 1 aliphatic heterocycles. The van der Waals surface area contributed by atoms with Crippen molar-refractivity contribution in [1.29, 1.82) is 0 Å². The zero-order valence-corrected chi connectivity index (χ0v) is 15.3. The summed E-state index contributed by atoms with van der Waals surface area (Å²) in [5.74, 6) is 1.02. The van der Waals surface area contributed by atoms with Crippen LogP contribution in [0, 0.1) is 17.7 Å². The Kier molecular flexibility index (Phi) is 5.10. The second-order valence-corrected chi connectivity index (χ2v) is 8.13. The molecule has 26 heavy (non-hydrogen) atoms. The van der Waals surface area contributed by atoms with Crippen LogP contribution in [0.1, 0.15) is 36.8 Å². The molecule has 2 nitrogen and oxygen atoms in total. The second kappa shape index (κ2) is 7.50. The summed E-state index contributed by atoms with van der Waals surface area (Å²) in [5.41, 5.74) is 1.51. The van der Waals surface area contributed by atoms with Crippen LogP contribution < -0.4 is 0 Å². The van der Waals surface area contributed by atoms with Gasteiger partial charge >= 0.3 is 0 Å². The number of rotatable bonds is 4. The molecule has 1 heterocycles. The predicted molar refractivity (Wildman–Crippen MR) is 102 cm³/mol. The molecule has 1 saturated carbocycles. The van der Waals surface area contributed by atoms with E-state index >= 15 is 0 Å². The Balaban J connectivity index is 1.34. The minimum atomic E-state index is -0.777. The SMILES string of the molecule is OC1(c2ccc(F)cc2)CC[C@H]2CN(CCc3ccccc3)CC[C@H]2C1. The molecule has 138 valence electrons. The largest absolute Gasteiger partial charge is 0.385 e. The molecular formula is C23H28FNO. The van der Waals surface area contributed by atoms with Gasteiger partial charge in [0.1, 0.15) is 5.82 Å². The van der Waals surface area contributed by atoms with E-state index in [1.807, 2.05) is 0 Å². The summed E-state index contributed by atoms with van der Waals surface area (Å²) in [4.78, 5) is 2.59. The van der Waals surface area contributed by atoms with E-state index in [1.54, 1.807) is 12.1 Å². The highest BCUT2D eigenvalue weighted by Crippen LogP contribution is 2.45. The Bertz CT molecular complexity index is 717. The molecule has 0 bridgehead atoms. The van der Waals surface area contributed by atoms with Crippen LogP contribution in [-0.2, 0) is 12.0 Å². The van der Waals surface area contributed by atoms with E-state index in [-0.39, 0.29) is 5.82 Å². The van der Waals surface area contributed by atoms with Crippen LogP contribution in [0.3, 0.4) is 0 Å². The highest BCUT2D eigenvalue weighted by molar-refractivity contribution is 5.24. The average Bonchev–Trinajstić information content (AvgIpc) is 2.67. The highest BCUT2D eigenvalue weighted by atomic mass is 19.1. The molecule has 3 atom stereocenters. The quantitative estimate of drug-likeness (QED) is 0.882. The minimum absolute atomic E-state index is 0.238. The zero-order valence-electron chi connectivity index (χ0n) is 15.3. The Morgan fingerprint density at radius 3 is 2.54 bits per heavy atom.